The number of morpholine rings is 1. The van der Waals surface area contributed by atoms with E-state index in [0.717, 1.165) is 25.7 Å². The normalized spacial score (nSPS) is 35.3. The summed E-state index contributed by atoms with van der Waals surface area (Å²) in [7, 11) is 0. The summed E-state index contributed by atoms with van der Waals surface area (Å²) < 4.78 is 5.75. The van der Waals surface area contributed by atoms with Gasteiger partial charge in [-0.25, -0.2) is 9.59 Å². The van der Waals surface area contributed by atoms with Gasteiger partial charge in [0, 0.05) is 18.8 Å². The highest BCUT2D eigenvalue weighted by atomic mass is 32.2. The zero-order valence-electron chi connectivity index (χ0n) is 12.2. The van der Waals surface area contributed by atoms with Crippen LogP contribution in [-0.4, -0.2) is 69.4 Å². The first-order chi connectivity index (χ1) is 10.1. The number of carbonyl (C=O) groups is 2. The lowest BCUT2D eigenvalue weighted by molar-refractivity contribution is -0.141. The van der Waals surface area contributed by atoms with Gasteiger partial charge < -0.3 is 14.7 Å². The number of hydrogen-bond donors (Lipinski definition) is 1. The zero-order valence-corrected chi connectivity index (χ0v) is 13.1. The summed E-state index contributed by atoms with van der Waals surface area (Å²) in [6.07, 6.45) is 4.07. The van der Waals surface area contributed by atoms with Crippen LogP contribution in [0.15, 0.2) is 0 Å². The Bertz CT molecular complexity index is 421. The van der Waals surface area contributed by atoms with Gasteiger partial charge in [0.15, 0.2) is 0 Å². The van der Waals surface area contributed by atoms with Crippen LogP contribution in [-0.2, 0) is 9.53 Å². The number of aliphatic carboxylic acids is 1. The number of likely N-dealkylation sites (tertiary alicyclic amines) is 1. The Kier molecular flexibility index (Phi) is 4.31. The van der Waals surface area contributed by atoms with Crippen molar-refractivity contribution in [2.75, 3.05) is 18.8 Å². The SMILES string of the molecule is CCCC1SCC(C(=O)O)N1C(=O)N1CC2CCC(C1)O2. The minimum absolute atomic E-state index is 0.0101. The number of carboxylic acid groups (broad SMARTS) is 1. The molecular formula is C14H22N2O4S. The number of ether oxygens (including phenoxy) is 1. The Labute approximate surface area is 128 Å². The van der Waals surface area contributed by atoms with Crippen LogP contribution >= 0.6 is 11.8 Å². The standard InChI is InChI=1S/C14H22N2O4S/c1-2-3-12-16(11(8-21-12)13(17)18)14(19)15-6-9-4-5-10(7-15)20-9/h9-12H,2-8H2,1H3,(H,17,18). The highest BCUT2D eigenvalue weighted by Crippen LogP contribution is 2.35. The molecule has 21 heavy (non-hydrogen) atoms. The van der Waals surface area contributed by atoms with E-state index in [1.54, 1.807) is 21.6 Å². The van der Waals surface area contributed by atoms with Gasteiger partial charge in [-0.05, 0) is 19.3 Å². The smallest absolute Gasteiger partial charge is 0.327 e. The summed E-state index contributed by atoms with van der Waals surface area (Å²) in [6, 6.07) is -0.814. The van der Waals surface area contributed by atoms with E-state index in [4.69, 9.17) is 4.74 Å². The van der Waals surface area contributed by atoms with E-state index in [1.807, 2.05) is 0 Å². The Morgan fingerprint density at radius 1 is 1.29 bits per heavy atom. The highest BCUT2D eigenvalue weighted by molar-refractivity contribution is 8.00. The van der Waals surface area contributed by atoms with Crippen LogP contribution in [0.4, 0.5) is 4.79 Å². The summed E-state index contributed by atoms with van der Waals surface area (Å²) in [6.45, 7) is 3.26. The Hall–Kier alpha value is -0.950. The second-order valence-corrected chi connectivity index (χ2v) is 7.19. The average molecular weight is 314 g/mol. The van der Waals surface area contributed by atoms with Crippen molar-refractivity contribution in [2.24, 2.45) is 0 Å². The molecule has 0 aliphatic carbocycles. The lowest BCUT2D eigenvalue weighted by Gasteiger charge is -2.37. The quantitative estimate of drug-likeness (QED) is 0.857. The highest BCUT2D eigenvalue weighted by Gasteiger charge is 2.45. The summed E-state index contributed by atoms with van der Waals surface area (Å²) in [5.41, 5.74) is 0. The molecule has 3 heterocycles. The Morgan fingerprint density at radius 3 is 2.52 bits per heavy atom. The predicted octanol–water partition coefficient (Wildman–Crippen LogP) is 1.60. The molecule has 6 nitrogen and oxygen atoms in total. The van der Waals surface area contributed by atoms with Gasteiger partial charge in [0.1, 0.15) is 6.04 Å². The second-order valence-electron chi connectivity index (χ2n) is 5.98. The van der Waals surface area contributed by atoms with Crippen molar-refractivity contribution >= 4 is 23.8 Å². The molecule has 3 aliphatic heterocycles. The number of nitrogens with zero attached hydrogens (tertiary/aromatic N) is 2. The number of urea groups is 1. The number of carboxylic acids is 1. The number of fused-ring (bicyclic) bond motifs is 2. The van der Waals surface area contributed by atoms with Gasteiger partial charge >= 0.3 is 12.0 Å². The van der Waals surface area contributed by atoms with E-state index in [1.165, 1.54) is 0 Å². The number of amides is 2. The van der Waals surface area contributed by atoms with Crippen LogP contribution < -0.4 is 0 Å². The molecule has 2 amide bonds. The zero-order chi connectivity index (χ0) is 15.0. The van der Waals surface area contributed by atoms with Gasteiger partial charge in [0.25, 0.3) is 0 Å². The fourth-order valence-corrected chi connectivity index (χ4v) is 4.92. The third-order valence-electron chi connectivity index (χ3n) is 4.45. The minimum atomic E-state index is -0.898. The lowest BCUT2D eigenvalue weighted by atomic mass is 10.2. The molecule has 0 aromatic heterocycles. The molecule has 0 saturated carbocycles. The summed E-state index contributed by atoms with van der Waals surface area (Å²) in [5.74, 6) is -0.408. The van der Waals surface area contributed by atoms with Gasteiger partial charge in [0.05, 0.1) is 17.6 Å². The molecule has 0 aromatic carbocycles. The monoisotopic (exact) mass is 314 g/mol. The molecule has 1 N–H and O–H groups in total. The van der Waals surface area contributed by atoms with Crippen LogP contribution in [0.1, 0.15) is 32.6 Å². The molecule has 0 aromatic rings. The molecule has 3 fully saturated rings. The number of carbonyl (C=O) groups excluding carboxylic acids is 1. The van der Waals surface area contributed by atoms with Gasteiger partial charge in [-0.1, -0.05) is 13.3 Å². The van der Waals surface area contributed by atoms with Crippen LogP contribution in [0.5, 0.6) is 0 Å². The van der Waals surface area contributed by atoms with Gasteiger partial charge in [-0.15, -0.1) is 11.8 Å². The van der Waals surface area contributed by atoms with Crippen LogP contribution in [0.2, 0.25) is 0 Å². The first-order valence-corrected chi connectivity index (χ1v) is 8.72. The second kappa shape index (κ2) is 6.04. The number of rotatable bonds is 3. The Balaban J connectivity index is 1.74. The van der Waals surface area contributed by atoms with Crippen LogP contribution in [0, 0.1) is 0 Å². The van der Waals surface area contributed by atoms with Crippen molar-refractivity contribution in [3.63, 3.8) is 0 Å². The topological polar surface area (TPSA) is 70.1 Å². The first-order valence-electron chi connectivity index (χ1n) is 7.67. The van der Waals surface area contributed by atoms with Gasteiger partial charge in [-0.2, -0.15) is 0 Å². The van der Waals surface area contributed by atoms with Crippen molar-refractivity contribution in [1.82, 2.24) is 9.80 Å². The molecule has 0 radical (unpaired) electrons. The van der Waals surface area contributed by atoms with E-state index in [0.29, 0.717) is 18.8 Å². The maximum absolute atomic E-state index is 12.8. The van der Waals surface area contributed by atoms with Crippen molar-refractivity contribution in [3.8, 4) is 0 Å². The van der Waals surface area contributed by atoms with Gasteiger partial charge in [-0.3, -0.25) is 4.90 Å². The fraction of sp³-hybridized carbons (Fsp3) is 0.857. The molecule has 4 atom stereocenters. The van der Waals surface area contributed by atoms with E-state index >= 15 is 0 Å². The van der Waals surface area contributed by atoms with Gasteiger partial charge in [0.2, 0.25) is 0 Å². The molecule has 2 bridgehead atoms. The number of hydrogen-bond acceptors (Lipinski definition) is 4. The molecule has 0 spiro atoms. The summed E-state index contributed by atoms with van der Waals surface area (Å²) in [4.78, 5) is 27.7. The van der Waals surface area contributed by atoms with Crippen molar-refractivity contribution < 1.29 is 19.4 Å². The van der Waals surface area contributed by atoms with Crippen molar-refractivity contribution in [3.05, 3.63) is 0 Å². The molecular weight excluding hydrogens is 292 g/mol. The van der Waals surface area contributed by atoms with Crippen LogP contribution in [0.3, 0.4) is 0 Å². The third-order valence-corrected chi connectivity index (χ3v) is 5.80. The maximum Gasteiger partial charge on any atom is 0.327 e. The van der Waals surface area contributed by atoms with Crippen molar-refractivity contribution in [1.29, 1.82) is 0 Å². The molecule has 7 heteroatoms. The molecule has 3 aliphatic rings. The molecule has 3 saturated heterocycles. The maximum atomic E-state index is 12.8. The molecule has 4 unspecified atom stereocenters. The first kappa shape index (κ1) is 15.0. The molecule has 118 valence electrons. The predicted molar refractivity (Wildman–Crippen MR) is 79.3 cm³/mol. The Morgan fingerprint density at radius 2 is 1.95 bits per heavy atom. The number of thioether (sulfide) groups is 1. The lowest BCUT2D eigenvalue weighted by Crippen LogP contribution is -2.55. The summed E-state index contributed by atoms with van der Waals surface area (Å²) in [5, 5.41) is 9.37. The van der Waals surface area contributed by atoms with E-state index in [-0.39, 0.29) is 23.6 Å². The van der Waals surface area contributed by atoms with E-state index in [9.17, 15) is 14.7 Å². The van der Waals surface area contributed by atoms with E-state index in [2.05, 4.69) is 6.92 Å². The largest absolute Gasteiger partial charge is 0.480 e. The van der Waals surface area contributed by atoms with E-state index < -0.39 is 12.0 Å². The van der Waals surface area contributed by atoms with Crippen LogP contribution in [0.25, 0.3) is 0 Å². The fourth-order valence-electron chi connectivity index (χ4n) is 3.41. The minimum Gasteiger partial charge on any atom is -0.480 e. The summed E-state index contributed by atoms with van der Waals surface area (Å²) >= 11 is 1.59. The average Bonchev–Trinajstić information content (AvgIpc) is 3.02. The third kappa shape index (κ3) is 2.85. The van der Waals surface area contributed by atoms with Crippen molar-refractivity contribution in [2.45, 2.75) is 56.2 Å². The molecule has 3 rings (SSSR count).